The first-order chi connectivity index (χ1) is 6.82. The molecule has 0 amide bonds. The van der Waals surface area contributed by atoms with E-state index < -0.39 is 5.97 Å². The van der Waals surface area contributed by atoms with Crippen LogP contribution in [0.15, 0.2) is 22.1 Å². The molecule has 0 N–H and O–H groups in total. The van der Waals surface area contributed by atoms with E-state index in [9.17, 15) is 4.79 Å². The molecule has 0 aromatic carbocycles. The van der Waals surface area contributed by atoms with E-state index in [1.165, 1.54) is 13.2 Å². The van der Waals surface area contributed by atoms with Crippen LogP contribution in [0.25, 0.3) is 0 Å². The smallest absolute Gasteiger partial charge is 0.330 e. The molecule has 0 saturated carbocycles. The molecule has 86 valence electrons. The molecule has 2 nitrogen and oxygen atoms in total. The zero-order valence-electron chi connectivity index (χ0n) is 9.76. The first-order valence-corrected chi connectivity index (χ1v) is 6.13. The third kappa shape index (κ3) is 5.28. The standard InChI is InChI=1S/C11H17ClO2S/c1-11(2,3)10(15-5)8(12)6-7-9(13)14-4/h6-7H,1-5H3/b7-6+,10-8+. The van der Waals surface area contributed by atoms with Gasteiger partial charge in [0.05, 0.1) is 12.1 Å². The lowest BCUT2D eigenvalue weighted by Gasteiger charge is -2.21. The molecule has 0 rings (SSSR count). The number of thioether (sulfide) groups is 1. The van der Waals surface area contributed by atoms with E-state index in [0.29, 0.717) is 5.03 Å². The van der Waals surface area contributed by atoms with Gasteiger partial charge >= 0.3 is 5.97 Å². The highest BCUT2D eigenvalue weighted by Crippen LogP contribution is 2.37. The average Bonchev–Trinajstić information content (AvgIpc) is 2.12. The van der Waals surface area contributed by atoms with Crippen LogP contribution in [0, 0.1) is 5.41 Å². The van der Waals surface area contributed by atoms with Crippen LogP contribution < -0.4 is 0 Å². The lowest BCUT2D eigenvalue weighted by Crippen LogP contribution is -2.07. The molecule has 0 fully saturated rings. The summed E-state index contributed by atoms with van der Waals surface area (Å²) in [7, 11) is 1.34. The minimum Gasteiger partial charge on any atom is -0.466 e. The first kappa shape index (κ1) is 14.6. The molecular weight excluding hydrogens is 232 g/mol. The van der Waals surface area contributed by atoms with Crippen LogP contribution in [0.2, 0.25) is 0 Å². The van der Waals surface area contributed by atoms with Crippen molar-refractivity contribution in [1.82, 2.24) is 0 Å². The summed E-state index contributed by atoms with van der Waals surface area (Å²) >= 11 is 7.69. The summed E-state index contributed by atoms with van der Waals surface area (Å²) in [5.41, 5.74) is -0.0169. The summed E-state index contributed by atoms with van der Waals surface area (Å²) in [6.45, 7) is 6.23. The fourth-order valence-corrected chi connectivity index (χ4v) is 2.50. The van der Waals surface area contributed by atoms with Crippen molar-refractivity contribution in [3.05, 3.63) is 22.1 Å². The molecular formula is C11H17ClO2S. The van der Waals surface area contributed by atoms with Crippen LogP contribution >= 0.6 is 23.4 Å². The van der Waals surface area contributed by atoms with Crippen molar-refractivity contribution in [3.8, 4) is 0 Å². The van der Waals surface area contributed by atoms with Crippen LogP contribution in [0.3, 0.4) is 0 Å². The number of carbonyl (C=O) groups excluding carboxylic acids is 1. The zero-order valence-corrected chi connectivity index (χ0v) is 11.3. The molecule has 0 heterocycles. The fraction of sp³-hybridized carbons (Fsp3) is 0.545. The summed E-state index contributed by atoms with van der Waals surface area (Å²) in [4.78, 5) is 11.9. The third-order valence-electron chi connectivity index (χ3n) is 1.67. The second-order valence-corrected chi connectivity index (χ2v) is 5.21. The van der Waals surface area contributed by atoms with Gasteiger partial charge in [0.15, 0.2) is 0 Å². The predicted molar refractivity (Wildman–Crippen MR) is 67.0 cm³/mol. The second-order valence-electron chi connectivity index (χ2n) is 3.99. The zero-order chi connectivity index (χ0) is 12.1. The number of halogens is 1. The number of hydrogen-bond acceptors (Lipinski definition) is 3. The number of allylic oxidation sites excluding steroid dienone is 3. The van der Waals surface area contributed by atoms with Crippen molar-refractivity contribution in [2.45, 2.75) is 20.8 Å². The minimum atomic E-state index is -0.400. The topological polar surface area (TPSA) is 26.3 Å². The molecule has 0 saturated heterocycles. The summed E-state index contributed by atoms with van der Waals surface area (Å²) in [6.07, 6.45) is 4.86. The Hall–Kier alpha value is -0.410. The molecule has 0 aromatic rings. The van der Waals surface area contributed by atoms with E-state index in [1.807, 2.05) is 6.26 Å². The lowest BCUT2D eigenvalue weighted by molar-refractivity contribution is -0.134. The van der Waals surface area contributed by atoms with Crippen molar-refractivity contribution < 1.29 is 9.53 Å². The maximum absolute atomic E-state index is 10.9. The Morgan fingerprint density at radius 3 is 2.20 bits per heavy atom. The monoisotopic (exact) mass is 248 g/mol. The highest BCUT2D eigenvalue weighted by Gasteiger charge is 2.18. The molecule has 0 aromatic heterocycles. The molecule has 0 aliphatic carbocycles. The average molecular weight is 249 g/mol. The molecule has 0 atom stereocenters. The van der Waals surface area contributed by atoms with Gasteiger partial charge in [-0.3, -0.25) is 0 Å². The van der Waals surface area contributed by atoms with Crippen molar-refractivity contribution in [2.24, 2.45) is 5.41 Å². The Balaban J connectivity index is 4.90. The maximum atomic E-state index is 10.9. The second kappa shape index (κ2) is 6.23. The number of rotatable bonds is 3. The highest BCUT2D eigenvalue weighted by atomic mass is 35.5. The molecule has 0 radical (unpaired) electrons. The largest absolute Gasteiger partial charge is 0.466 e. The van der Waals surface area contributed by atoms with Gasteiger partial charge in [0.2, 0.25) is 0 Å². The highest BCUT2D eigenvalue weighted by molar-refractivity contribution is 8.02. The molecule has 4 heteroatoms. The van der Waals surface area contributed by atoms with Gasteiger partial charge in [-0.05, 0) is 17.7 Å². The van der Waals surface area contributed by atoms with Gasteiger partial charge in [-0.2, -0.15) is 0 Å². The third-order valence-corrected chi connectivity index (χ3v) is 3.34. The van der Waals surface area contributed by atoms with Crippen LogP contribution in [0.1, 0.15) is 20.8 Å². The Morgan fingerprint density at radius 1 is 1.33 bits per heavy atom. The maximum Gasteiger partial charge on any atom is 0.330 e. The van der Waals surface area contributed by atoms with Gasteiger partial charge in [-0.1, -0.05) is 32.4 Å². The molecule has 0 aliphatic rings. The van der Waals surface area contributed by atoms with Gasteiger partial charge in [0.25, 0.3) is 0 Å². The molecule has 15 heavy (non-hydrogen) atoms. The molecule has 0 aliphatic heterocycles. The fourth-order valence-electron chi connectivity index (χ4n) is 1.05. The predicted octanol–water partition coefficient (Wildman–Crippen LogP) is 3.58. The Labute approximate surface area is 101 Å². The van der Waals surface area contributed by atoms with Gasteiger partial charge in [0.1, 0.15) is 0 Å². The summed E-state index contributed by atoms with van der Waals surface area (Å²) in [5.74, 6) is -0.400. The Bertz CT molecular complexity index is 287. The quantitative estimate of drug-likeness (QED) is 0.434. The van der Waals surface area contributed by atoms with E-state index in [1.54, 1.807) is 17.8 Å². The Kier molecular flexibility index (Phi) is 6.06. The number of esters is 1. The first-order valence-electron chi connectivity index (χ1n) is 4.53. The summed E-state index contributed by atoms with van der Waals surface area (Å²) < 4.78 is 4.49. The van der Waals surface area contributed by atoms with Crippen molar-refractivity contribution >= 4 is 29.3 Å². The summed E-state index contributed by atoms with van der Waals surface area (Å²) in [5, 5.41) is 0.584. The SMILES string of the molecule is COC(=O)/C=C/C(Cl)=C(\SC)C(C)(C)C. The molecule has 0 bridgehead atoms. The van der Waals surface area contributed by atoms with Crippen LogP contribution in [-0.4, -0.2) is 19.3 Å². The molecule has 0 unspecified atom stereocenters. The van der Waals surface area contributed by atoms with E-state index in [2.05, 4.69) is 25.5 Å². The summed E-state index contributed by atoms with van der Waals surface area (Å²) in [6, 6.07) is 0. The van der Waals surface area contributed by atoms with E-state index in [0.717, 1.165) is 4.91 Å². The lowest BCUT2D eigenvalue weighted by atomic mass is 9.95. The van der Waals surface area contributed by atoms with Crippen molar-refractivity contribution in [1.29, 1.82) is 0 Å². The van der Waals surface area contributed by atoms with E-state index in [4.69, 9.17) is 11.6 Å². The van der Waals surface area contributed by atoms with Gasteiger partial charge < -0.3 is 4.74 Å². The van der Waals surface area contributed by atoms with E-state index >= 15 is 0 Å². The molecule has 0 spiro atoms. The van der Waals surface area contributed by atoms with Crippen molar-refractivity contribution in [3.63, 3.8) is 0 Å². The number of hydrogen-bond donors (Lipinski definition) is 0. The van der Waals surface area contributed by atoms with Gasteiger partial charge in [0, 0.05) is 11.0 Å². The number of methoxy groups -OCH3 is 1. The number of ether oxygens (including phenoxy) is 1. The van der Waals surface area contributed by atoms with Crippen LogP contribution in [0.4, 0.5) is 0 Å². The Morgan fingerprint density at radius 2 is 1.87 bits per heavy atom. The van der Waals surface area contributed by atoms with Crippen molar-refractivity contribution in [2.75, 3.05) is 13.4 Å². The number of carbonyl (C=O) groups is 1. The van der Waals surface area contributed by atoms with Gasteiger partial charge in [-0.15, -0.1) is 11.8 Å². The normalized spacial score (nSPS) is 14.0. The minimum absolute atomic E-state index is 0.0169. The van der Waals surface area contributed by atoms with Crippen LogP contribution in [-0.2, 0) is 9.53 Å². The van der Waals surface area contributed by atoms with Crippen LogP contribution in [0.5, 0.6) is 0 Å². The van der Waals surface area contributed by atoms with Gasteiger partial charge in [-0.25, -0.2) is 4.79 Å². The van der Waals surface area contributed by atoms with E-state index in [-0.39, 0.29) is 5.41 Å².